The van der Waals surface area contributed by atoms with Crippen molar-refractivity contribution in [3.63, 3.8) is 0 Å². The molecule has 0 saturated heterocycles. The highest BCUT2D eigenvalue weighted by Crippen LogP contribution is 2.24. The lowest BCUT2D eigenvalue weighted by atomic mass is 10.0. The second-order valence-electron chi connectivity index (χ2n) is 3.86. The van der Waals surface area contributed by atoms with Gasteiger partial charge in [-0.25, -0.2) is 8.78 Å². The van der Waals surface area contributed by atoms with Gasteiger partial charge in [-0.05, 0) is 42.3 Å². The summed E-state index contributed by atoms with van der Waals surface area (Å²) < 4.78 is 26.6. The molecule has 0 aliphatic rings. The highest BCUT2D eigenvalue weighted by molar-refractivity contribution is 5.64. The van der Waals surface area contributed by atoms with Crippen LogP contribution in [0.4, 0.5) is 8.78 Å². The summed E-state index contributed by atoms with van der Waals surface area (Å²) >= 11 is 0. The molecule has 2 aromatic rings. The van der Waals surface area contributed by atoms with Crippen LogP contribution < -0.4 is 5.73 Å². The molecule has 88 valence electrons. The molecule has 0 aliphatic heterocycles. The maximum atomic E-state index is 13.5. The Morgan fingerprint density at radius 1 is 0.941 bits per heavy atom. The van der Waals surface area contributed by atoms with Crippen LogP contribution in [0.5, 0.6) is 0 Å². The summed E-state index contributed by atoms with van der Waals surface area (Å²) in [6.07, 6.45) is 0.784. The van der Waals surface area contributed by atoms with Crippen LogP contribution in [0.15, 0.2) is 42.5 Å². The summed E-state index contributed by atoms with van der Waals surface area (Å²) in [7, 11) is 0. The second kappa shape index (κ2) is 5.06. The minimum atomic E-state index is -0.438. The van der Waals surface area contributed by atoms with Crippen molar-refractivity contribution in [3.8, 4) is 11.1 Å². The summed E-state index contributed by atoms with van der Waals surface area (Å²) in [5.74, 6) is -0.856. The third-order valence-electron chi connectivity index (χ3n) is 2.63. The van der Waals surface area contributed by atoms with E-state index < -0.39 is 11.6 Å². The van der Waals surface area contributed by atoms with Gasteiger partial charge < -0.3 is 5.73 Å². The van der Waals surface area contributed by atoms with Gasteiger partial charge in [0.15, 0.2) is 0 Å². The molecule has 0 spiro atoms. The van der Waals surface area contributed by atoms with Gasteiger partial charge in [-0.15, -0.1) is 0 Å². The van der Waals surface area contributed by atoms with E-state index >= 15 is 0 Å². The third-order valence-corrected chi connectivity index (χ3v) is 2.63. The smallest absolute Gasteiger partial charge is 0.131 e. The van der Waals surface area contributed by atoms with E-state index in [1.54, 1.807) is 12.1 Å². The summed E-state index contributed by atoms with van der Waals surface area (Å²) in [4.78, 5) is 0. The van der Waals surface area contributed by atoms with Gasteiger partial charge in [0.2, 0.25) is 0 Å². The van der Waals surface area contributed by atoms with Crippen molar-refractivity contribution in [1.29, 1.82) is 0 Å². The molecule has 0 atom stereocenters. The monoisotopic (exact) mass is 233 g/mol. The van der Waals surface area contributed by atoms with E-state index in [1.165, 1.54) is 6.07 Å². The van der Waals surface area contributed by atoms with E-state index in [2.05, 4.69) is 0 Å². The first-order chi connectivity index (χ1) is 8.20. The van der Waals surface area contributed by atoms with E-state index in [4.69, 9.17) is 5.73 Å². The zero-order chi connectivity index (χ0) is 12.3. The Balaban J connectivity index is 2.36. The molecular formula is C14H13F2N. The lowest BCUT2D eigenvalue weighted by molar-refractivity contribution is 0.603. The predicted octanol–water partition coefficient (Wildman–Crippen LogP) is 3.13. The van der Waals surface area contributed by atoms with Crippen molar-refractivity contribution in [1.82, 2.24) is 0 Å². The molecule has 3 heteroatoms. The quantitative estimate of drug-likeness (QED) is 0.866. The number of nitrogens with two attached hydrogens (primary N) is 1. The molecule has 2 aromatic carbocycles. The number of halogens is 2. The van der Waals surface area contributed by atoms with Crippen LogP contribution in [-0.4, -0.2) is 6.54 Å². The van der Waals surface area contributed by atoms with Gasteiger partial charge in [0.25, 0.3) is 0 Å². The first-order valence-corrected chi connectivity index (χ1v) is 5.45. The molecule has 0 aliphatic carbocycles. The molecule has 0 bridgehead atoms. The van der Waals surface area contributed by atoms with E-state index in [9.17, 15) is 8.78 Å². The fraction of sp³-hybridized carbons (Fsp3) is 0.143. The van der Waals surface area contributed by atoms with Gasteiger partial charge in [0.05, 0.1) is 0 Å². The van der Waals surface area contributed by atoms with E-state index in [0.717, 1.165) is 24.1 Å². The van der Waals surface area contributed by atoms with Crippen LogP contribution in [-0.2, 0) is 6.42 Å². The standard InChI is InChI=1S/C14H13F2N/c15-12-5-6-14(16)13(9-12)11-3-1-10(2-4-11)7-8-17/h1-6,9H,7-8,17H2. The highest BCUT2D eigenvalue weighted by atomic mass is 19.1. The van der Waals surface area contributed by atoms with Crippen LogP contribution >= 0.6 is 0 Å². The molecule has 17 heavy (non-hydrogen) atoms. The fourth-order valence-electron chi connectivity index (χ4n) is 1.74. The molecule has 2 N–H and O–H groups in total. The zero-order valence-electron chi connectivity index (χ0n) is 9.29. The average Bonchev–Trinajstić information content (AvgIpc) is 2.34. The molecule has 0 saturated carbocycles. The molecule has 0 fully saturated rings. The lowest BCUT2D eigenvalue weighted by Crippen LogP contribution is -2.02. The maximum Gasteiger partial charge on any atom is 0.131 e. The van der Waals surface area contributed by atoms with Gasteiger partial charge in [-0.2, -0.15) is 0 Å². The van der Waals surface area contributed by atoms with Gasteiger partial charge in [-0.3, -0.25) is 0 Å². The van der Waals surface area contributed by atoms with Crippen molar-refractivity contribution in [2.75, 3.05) is 6.54 Å². The predicted molar refractivity (Wildman–Crippen MR) is 64.6 cm³/mol. The van der Waals surface area contributed by atoms with Crippen molar-refractivity contribution >= 4 is 0 Å². The molecule has 2 rings (SSSR count). The van der Waals surface area contributed by atoms with Gasteiger partial charge in [0, 0.05) is 5.56 Å². The largest absolute Gasteiger partial charge is 0.330 e. The fourth-order valence-corrected chi connectivity index (χ4v) is 1.74. The molecule has 0 aromatic heterocycles. The average molecular weight is 233 g/mol. The number of rotatable bonds is 3. The topological polar surface area (TPSA) is 26.0 Å². The van der Waals surface area contributed by atoms with Gasteiger partial charge >= 0.3 is 0 Å². The van der Waals surface area contributed by atoms with Crippen LogP contribution in [0.1, 0.15) is 5.56 Å². The van der Waals surface area contributed by atoms with Crippen molar-refractivity contribution in [3.05, 3.63) is 59.7 Å². The molecule has 1 nitrogen and oxygen atoms in total. The minimum absolute atomic E-state index is 0.282. The van der Waals surface area contributed by atoms with Crippen LogP contribution in [0.2, 0.25) is 0 Å². The van der Waals surface area contributed by atoms with Crippen molar-refractivity contribution in [2.24, 2.45) is 5.73 Å². The Bertz CT molecular complexity index is 506. The third kappa shape index (κ3) is 2.68. The number of hydrogen-bond acceptors (Lipinski definition) is 1. The molecular weight excluding hydrogens is 220 g/mol. The normalized spacial score (nSPS) is 10.5. The van der Waals surface area contributed by atoms with Gasteiger partial charge in [0.1, 0.15) is 11.6 Å². The first kappa shape index (κ1) is 11.7. The lowest BCUT2D eigenvalue weighted by Gasteiger charge is -2.05. The van der Waals surface area contributed by atoms with E-state index in [-0.39, 0.29) is 5.56 Å². The molecule has 0 heterocycles. The molecule has 0 amide bonds. The Morgan fingerprint density at radius 2 is 1.65 bits per heavy atom. The van der Waals surface area contributed by atoms with Gasteiger partial charge in [-0.1, -0.05) is 24.3 Å². The van der Waals surface area contributed by atoms with Crippen molar-refractivity contribution < 1.29 is 8.78 Å². The highest BCUT2D eigenvalue weighted by Gasteiger charge is 2.06. The first-order valence-electron chi connectivity index (χ1n) is 5.45. The summed E-state index contributed by atoms with van der Waals surface area (Å²) in [5, 5.41) is 0. The minimum Gasteiger partial charge on any atom is -0.330 e. The summed E-state index contributed by atoms with van der Waals surface area (Å²) in [6.45, 7) is 0.577. The number of hydrogen-bond donors (Lipinski definition) is 1. The Labute approximate surface area is 98.9 Å². The second-order valence-corrected chi connectivity index (χ2v) is 3.86. The van der Waals surface area contributed by atoms with Crippen LogP contribution in [0.25, 0.3) is 11.1 Å². The SMILES string of the molecule is NCCc1ccc(-c2cc(F)ccc2F)cc1. The molecule has 0 radical (unpaired) electrons. The molecule has 0 unspecified atom stereocenters. The van der Waals surface area contributed by atoms with Crippen LogP contribution in [0, 0.1) is 11.6 Å². The summed E-state index contributed by atoms with van der Waals surface area (Å²) in [6, 6.07) is 10.8. The maximum absolute atomic E-state index is 13.5. The van der Waals surface area contributed by atoms with E-state index in [1.807, 2.05) is 12.1 Å². The van der Waals surface area contributed by atoms with Crippen molar-refractivity contribution in [2.45, 2.75) is 6.42 Å². The Kier molecular flexibility index (Phi) is 3.49. The Morgan fingerprint density at radius 3 is 2.29 bits per heavy atom. The van der Waals surface area contributed by atoms with Crippen LogP contribution in [0.3, 0.4) is 0 Å². The summed E-state index contributed by atoms with van der Waals surface area (Å²) in [5.41, 5.74) is 7.49. The Hall–Kier alpha value is -1.74. The van der Waals surface area contributed by atoms with E-state index in [0.29, 0.717) is 12.1 Å². The number of benzene rings is 2. The zero-order valence-corrected chi connectivity index (χ0v) is 9.29.